The molecule has 5 nitrogen and oxygen atoms in total. The first-order chi connectivity index (χ1) is 23.3. The van der Waals surface area contributed by atoms with Crippen LogP contribution in [0.1, 0.15) is 233 Å². The van der Waals surface area contributed by atoms with E-state index in [4.69, 9.17) is 9.47 Å². The molecule has 48 heavy (non-hydrogen) atoms. The third-order valence-electron chi connectivity index (χ3n) is 10.1. The number of aliphatic hydroxyl groups is 1. The molecule has 0 aromatic rings. The Balaban J connectivity index is 3.35. The van der Waals surface area contributed by atoms with Crippen LogP contribution in [0.3, 0.4) is 0 Å². The van der Waals surface area contributed by atoms with Gasteiger partial charge in [0.1, 0.15) is 19.3 Å². The lowest BCUT2D eigenvalue weighted by Gasteiger charge is -2.12. The standard InChI is InChI=1S/C43H84O5/c1-5-40(4)34-30-26-22-18-14-12-10-8-6-7-9-11-13-15-19-23-27-31-35-42(45)47-37-41(44)38-48-43(46)36-32-28-24-20-16-17-21-25-29-33-39(2)3/h39-41,44H,5-38H2,1-4H3/t40?,41-/m1/s1. The van der Waals surface area contributed by atoms with Gasteiger partial charge in [-0.3, -0.25) is 9.59 Å². The highest BCUT2D eigenvalue weighted by molar-refractivity contribution is 5.69. The summed E-state index contributed by atoms with van der Waals surface area (Å²) in [5, 5.41) is 10.0. The second-order valence-corrected chi connectivity index (χ2v) is 15.6. The average molecular weight is 681 g/mol. The monoisotopic (exact) mass is 681 g/mol. The van der Waals surface area contributed by atoms with Crippen molar-refractivity contribution in [2.24, 2.45) is 11.8 Å². The molecule has 2 atom stereocenters. The zero-order chi connectivity index (χ0) is 35.3. The first kappa shape index (κ1) is 46.9. The first-order valence-electron chi connectivity index (χ1n) is 21.3. The van der Waals surface area contributed by atoms with Crippen LogP contribution in [0.2, 0.25) is 0 Å². The summed E-state index contributed by atoms with van der Waals surface area (Å²) < 4.78 is 10.3. The predicted molar refractivity (Wildman–Crippen MR) is 205 cm³/mol. The van der Waals surface area contributed by atoms with E-state index < -0.39 is 6.10 Å². The number of esters is 2. The van der Waals surface area contributed by atoms with Gasteiger partial charge in [0.05, 0.1) is 0 Å². The van der Waals surface area contributed by atoms with Crippen molar-refractivity contribution in [2.75, 3.05) is 13.2 Å². The summed E-state index contributed by atoms with van der Waals surface area (Å²) in [6, 6.07) is 0. The van der Waals surface area contributed by atoms with Gasteiger partial charge in [0, 0.05) is 12.8 Å². The van der Waals surface area contributed by atoms with Crippen molar-refractivity contribution in [3.8, 4) is 0 Å². The zero-order valence-electron chi connectivity index (χ0n) is 32.9. The van der Waals surface area contributed by atoms with E-state index in [1.807, 2.05) is 0 Å². The number of carbonyl (C=O) groups is 2. The summed E-state index contributed by atoms with van der Waals surface area (Å²) in [4.78, 5) is 23.9. The van der Waals surface area contributed by atoms with E-state index in [9.17, 15) is 14.7 Å². The number of aliphatic hydroxyl groups excluding tert-OH is 1. The Bertz CT molecular complexity index is 678. The van der Waals surface area contributed by atoms with Crippen molar-refractivity contribution in [2.45, 2.75) is 239 Å². The molecule has 0 heterocycles. The van der Waals surface area contributed by atoms with Crippen LogP contribution in [-0.2, 0) is 19.1 Å². The van der Waals surface area contributed by atoms with Gasteiger partial charge in [-0.05, 0) is 24.7 Å². The van der Waals surface area contributed by atoms with Crippen molar-refractivity contribution in [1.29, 1.82) is 0 Å². The Morgan fingerprint density at radius 2 is 0.708 bits per heavy atom. The van der Waals surface area contributed by atoms with E-state index in [1.165, 1.54) is 161 Å². The average Bonchev–Trinajstić information content (AvgIpc) is 3.07. The van der Waals surface area contributed by atoms with Crippen molar-refractivity contribution < 1.29 is 24.2 Å². The van der Waals surface area contributed by atoms with Gasteiger partial charge in [-0.25, -0.2) is 0 Å². The van der Waals surface area contributed by atoms with E-state index in [-0.39, 0.29) is 25.2 Å². The van der Waals surface area contributed by atoms with E-state index in [0.29, 0.717) is 12.8 Å². The molecule has 0 radical (unpaired) electrons. The molecule has 0 rings (SSSR count). The largest absolute Gasteiger partial charge is 0.463 e. The highest BCUT2D eigenvalue weighted by Gasteiger charge is 2.12. The van der Waals surface area contributed by atoms with Crippen LogP contribution in [0.4, 0.5) is 0 Å². The minimum atomic E-state index is -0.956. The van der Waals surface area contributed by atoms with Gasteiger partial charge in [-0.1, -0.05) is 207 Å². The van der Waals surface area contributed by atoms with Crippen LogP contribution in [-0.4, -0.2) is 36.4 Å². The number of carbonyl (C=O) groups excluding carboxylic acids is 2. The fourth-order valence-corrected chi connectivity index (χ4v) is 6.42. The van der Waals surface area contributed by atoms with Crippen molar-refractivity contribution in [3.05, 3.63) is 0 Å². The number of hydrogen-bond acceptors (Lipinski definition) is 5. The molecule has 1 N–H and O–H groups in total. The molecule has 0 saturated carbocycles. The van der Waals surface area contributed by atoms with E-state index in [0.717, 1.165) is 43.9 Å². The molecule has 0 fully saturated rings. The molecule has 0 aliphatic rings. The van der Waals surface area contributed by atoms with Crippen molar-refractivity contribution in [1.82, 2.24) is 0 Å². The van der Waals surface area contributed by atoms with Gasteiger partial charge in [0.2, 0.25) is 0 Å². The van der Waals surface area contributed by atoms with Gasteiger partial charge < -0.3 is 14.6 Å². The van der Waals surface area contributed by atoms with Gasteiger partial charge in [0.25, 0.3) is 0 Å². The van der Waals surface area contributed by atoms with Crippen LogP contribution in [0, 0.1) is 11.8 Å². The van der Waals surface area contributed by atoms with Gasteiger partial charge in [-0.15, -0.1) is 0 Å². The van der Waals surface area contributed by atoms with Crippen LogP contribution < -0.4 is 0 Å². The lowest BCUT2D eigenvalue weighted by atomic mass is 9.99. The zero-order valence-corrected chi connectivity index (χ0v) is 32.9. The molecule has 0 spiro atoms. The van der Waals surface area contributed by atoms with Gasteiger partial charge in [-0.2, -0.15) is 0 Å². The normalized spacial score (nSPS) is 12.8. The molecule has 5 heteroatoms. The summed E-state index contributed by atoms with van der Waals surface area (Å²) in [6.45, 7) is 9.05. The third-order valence-corrected chi connectivity index (χ3v) is 10.1. The van der Waals surface area contributed by atoms with Gasteiger partial charge in [0.15, 0.2) is 0 Å². The summed E-state index contributed by atoms with van der Waals surface area (Å²) in [7, 11) is 0. The van der Waals surface area contributed by atoms with Crippen LogP contribution >= 0.6 is 0 Å². The number of hydrogen-bond donors (Lipinski definition) is 1. The molecular formula is C43H84O5. The topological polar surface area (TPSA) is 72.8 Å². The SMILES string of the molecule is CCC(C)CCCCCCCCCCCCCCCCCCCCC(=O)OC[C@@H](O)COC(=O)CCCCCCCCCCCC(C)C. The number of rotatable bonds is 38. The highest BCUT2D eigenvalue weighted by atomic mass is 16.6. The fraction of sp³-hybridized carbons (Fsp3) is 0.953. The lowest BCUT2D eigenvalue weighted by Crippen LogP contribution is -2.25. The molecule has 0 amide bonds. The summed E-state index contributed by atoms with van der Waals surface area (Å²) in [5.41, 5.74) is 0. The molecule has 1 unspecified atom stereocenters. The van der Waals surface area contributed by atoms with Crippen LogP contribution in [0.15, 0.2) is 0 Å². The Kier molecular flexibility index (Phi) is 36.3. The summed E-state index contributed by atoms with van der Waals surface area (Å²) >= 11 is 0. The molecule has 0 aliphatic carbocycles. The second kappa shape index (κ2) is 37.2. The number of ether oxygens (including phenoxy) is 2. The number of unbranched alkanes of at least 4 members (excludes halogenated alkanes) is 25. The fourth-order valence-electron chi connectivity index (χ4n) is 6.42. The Morgan fingerprint density at radius 1 is 0.438 bits per heavy atom. The Morgan fingerprint density at radius 3 is 1.00 bits per heavy atom. The molecule has 0 bridgehead atoms. The minimum absolute atomic E-state index is 0.109. The molecule has 0 aromatic carbocycles. The second-order valence-electron chi connectivity index (χ2n) is 15.6. The van der Waals surface area contributed by atoms with Crippen LogP contribution in [0.5, 0.6) is 0 Å². The summed E-state index contributed by atoms with van der Waals surface area (Å²) in [6.07, 6.45) is 38.8. The maximum Gasteiger partial charge on any atom is 0.305 e. The molecular weight excluding hydrogens is 596 g/mol. The lowest BCUT2D eigenvalue weighted by molar-refractivity contribution is -0.152. The van der Waals surface area contributed by atoms with E-state index in [1.54, 1.807) is 0 Å². The van der Waals surface area contributed by atoms with Gasteiger partial charge >= 0.3 is 11.9 Å². The Labute approximate surface area is 299 Å². The smallest absolute Gasteiger partial charge is 0.305 e. The van der Waals surface area contributed by atoms with E-state index >= 15 is 0 Å². The Hall–Kier alpha value is -1.10. The molecule has 0 aliphatic heterocycles. The first-order valence-corrected chi connectivity index (χ1v) is 21.3. The minimum Gasteiger partial charge on any atom is -0.463 e. The van der Waals surface area contributed by atoms with E-state index in [2.05, 4.69) is 27.7 Å². The molecule has 0 aromatic heterocycles. The quantitative estimate of drug-likeness (QED) is 0.0519. The van der Waals surface area contributed by atoms with Crippen molar-refractivity contribution >= 4 is 11.9 Å². The molecule has 286 valence electrons. The van der Waals surface area contributed by atoms with Crippen LogP contribution in [0.25, 0.3) is 0 Å². The predicted octanol–water partition coefficient (Wildman–Crippen LogP) is 13.2. The van der Waals surface area contributed by atoms with Crippen molar-refractivity contribution in [3.63, 3.8) is 0 Å². The summed E-state index contributed by atoms with van der Waals surface area (Å²) in [5.74, 6) is 1.18. The maximum atomic E-state index is 12.0. The molecule has 0 saturated heterocycles. The highest BCUT2D eigenvalue weighted by Crippen LogP contribution is 2.17. The third kappa shape index (κ3) is 37.7. The maximum absolute atomic E-state index is 12.0.